The van der Waals surface area contributed by atoms with Gasteiger partial charge in [-0.2, -0.15) is 13.2 Å². The lowest BCUT2D eigenvalue weighted by molar-refractivity contribution is -0.137. The molecule has 2 N–H and O–H groups in total. The van der Waals surface area contributed by atoms with Crippen LogP contribution in [0.2, 0.25) is 5.02 Å². The molecular weight excluding hydrogens is 371 g/mol. The highest BCUT2D eigenvalue weighted by atomic mass is 35.5. The zero-order valence-electron chi connectivity index (χ0n) is 13.4. The summed E-state index contributed by atoms with van der Waals surface area (Å²) >= 11 is 5.96. The number of ether oxygens (including phenoxy) is 1. The van der Waals surface area contributed by atoms with Crippen molar-refractivity contribution in [2.75, 3.05) is 11.9 Å². The lowest BCUT2D eigenvalue weighted by Crippen LogP contribution is -2.06. The number of carbonyl (C=O) groups is 1. The van der Waals surface area contributed by atoms with Crippen molar-refractivity contribution in [3.05, 3.63) is 52.0 Å². The average molecular weight is 384 g/mol. The van der Waals surface area contributed by atoms with E-state index < -0.39 is 17.6 Å². The Hall–Kier alpha value is -2.67. The van der Waals surface area contributed by atoms with Crippen molar-refractivity contribution < 1.29 is 27.8 Å². The number of nitrogens with one attached hydrogen (secondary N) is 1. The summed E-state index contributed by atoms with van der Waals surface area (Å²) in [5, 5.41) is 12.3. The molecule has 0 aliphatic carbocycles. The van der Waals surface area contributed by atoms with Gasteiger partial charge in [0.2, 0.25) is 0 Å². The number of benzene rings is 2. The fourth-order valence-electron chi connectivity index (χ4n) is 2.62. The van der Waals surface area contributed by atoms with Crippen LogP contribution >= 0.6 is 11.6 Å². The second kappa shape index (κ2) is 6.57. The molecule has 0 fully saturated rings. The molecule has 0 aromatic heterocycles. The third-order valence-corrected chi connectivity index (χ3v) is 4.08. The van der Waals surface area contributed by atoms with E-state index in [1.54, 1.807) is 6.92 Å². The van der Waals surface area contributed by atoms with Gasteiger partial charge < -0.3 is 15.2 Å². The lowest BCUT2D eigenvalue weighted by atomic mass is 10.0. The summed E-state index contributed by atoms with van der Waals surface area (Å²) in [6, 6.07) is 5.98. The Labute approximate surface area is 151 Å². The van der Waals surface area contributed by atoms with E-state index in [1.165, 1.54) is 24.3 Å². The Morgan fingerprint density at radius 3 is 2.65 bits per heavy atom. The molecule has 2 aromatic carbocycles. The maximum atomic E-state index is 12.8. The zero-order chi connectivity index (χ0) is 19.1. The first kappa shape index (κ1) is 18.1. The molecule has 0 saturated carbocycles. The summed E-state index contributed by atoms with van der Waals surface area (Å²) in [6.45, 7) is 2.03. The van der Waals surface area contributed by atoms with Crippen LogP contribution in [0.25, 0.3) is 11.6 Å². The van der Waals surface area contributed by atoms with Crippen molar-refractivity contribution in [1.29, 1.82) is 0 Å². The normalized spacial score (nSPS) is 15.1. The number of phenolic OH excluding ortho intramolecular Hbond substituents is 1. The fraction of sp³-hybridized carbons (Fsp3) is 0.167. The number of hydrogen-bond donors (Lipinski definition) is 2. The van der Waals surface area contributed by atoms with Crippen molar-refractivity contribution in [1.82, 2.24) is 0 Å². The highest BCUT2D eigenvalue weighted by molar-refractivity contribution is 6.35. The number of halogens is 4. The highest BCUT2D eigenvalue weighted by Crippen LogP contribution is 2.40. The van der Waals surface area contributed by atoms with Crippen molar-refractivity contribution in [2.24, 2.45) is 0 Å². The number of amides is 1. The Morgan fingerprint density at radius 1 is 1.27 bits per heavy atom. The van der Waals surface area contributed by atoms with Gasteiger partial charge in [-0.1, -0.05) is 17.7 Å². The Morgan fingerprint density at radius 2 is 2.00 bits per heavy atom. The molecule has 1 heterocycles. The van der Waals surface area contributed by atoms with Gasteiger partial charge in [-0.3, -0.25) is 4.79 Å². The number of anilines is 1. The number of carbonyl (C=O) groups excluding carboxylic acids is 1. The first-order chi connectivity index (χ1) is 12.2. The van der Waals surface area contributed by atoms with E-state index in [9.17, 15) is 23.1 Å². The summed E-state index contributed by atoms with van der Waals surface area (Å²) in [4.78, 5) is 12.2. The van der Waals surface area contributed by atoms with Crippen molar-refractivity contribution in [3.8, 4) is 11.5 Å². The van der Waals surface area contributed by atoms with E-state index in [0.29, 0.717) is 17.7 Å². The molecular formula is C18H13ClF3NO3. The summed E-state index contributed by atoms with van der Waals surface area (Å²) in [7, 11) is 0. The maximum absolute atomic E-state index is 12.8. The molecule has 1 aliphatic heterocycles. The van der Waals surface area contributed by atoms with Crippen molar-refractivity contribution in [2.45, 2.75) is 13.1 Å². The van der Waals surface area contributed by atoms with Gasteiger partial charge >= 0.3 is 6.18 Å². The monoisotopic (exact) mass is 383 g/mol. The van der Waals surface area contributed by atoms with E-state index in [0.717, 1.165) is 12.1 Å². The van der Waals surface area contributed by atoms with Gasteiger partial charge in [0.15, 0.2) is 11.5 Å². The van der Waals surface area contributed by atoms with Gasteiger partial charge in [0, 0.05) is 16.8 Å². The molecule has 1 aliphatic rings. The summed E-state index contributed by atoms with van der Waals surface area (Å²) in [5.74, 6) is -0.596. The number of alkyl halides is 3. The first-order valence-corrected chi connectivity index (χ1v) is 7.98. The number of rotatable bonds is 3. The van der Waals surface area contributed by atoms with E-state index in [2.05, 4.69) is 5.32 Å². The van der Waals surface area contributed by atoms with Gasteiger partial charge in [0.05, 0.1) is 17.2 Å². The Balaban J connectivity index is 2.05. The highest BCUT2D eigenvalue weighted by Gasteiger charge is 2.33. The van der Waals surface area contributed by atoms with Crippen LogP contribution in [-0.4, -0.2) is 17.6 Å². The van der Waals surface area contributed by atoms with Crippen LogP contribution in [0.3, 0.4) is 0 Å². The van der Waals surface area contributed by atoms with Gasteiger partial charge in [0.25, 0.3) is 5.91 Å². The molecule has 136 valence electrons. The van der Waals surface area contributed by atoms with E-state index in [1.807, 2.05) is 0 Å². The van der Waals surface area contributed by atoms with Crippen LogP contribution in [0.5, 0.6) is 11.5 Å². The molecule has 2 aromatic rings. The van der Waals surface area contributed by atoms with Crippen LogP contribution in [0.1, 0.15) is 23.6 Å². The number of hydrogen-bond acceptors (Lipinski definition) is 3. The molecule has 0 saturated heterocycles. The van der Waals surface area contributed by atoms with Crippen molar-refractivity contribution >= 4 is 34.8 Å². The van der Waals surface area contributed by atoms with Gasteiger partial charge in [0.1, 0.15) is 0 Å². The van der Waals surface area contributed by atoms with Crippen LogP contribution in [-0.2, 0) is 11.0 Å². The van der Waals surface area contributed by atoms with Crippen LogP contribution in [0, 0.1) is 0 Å². The zero-order valence-corrected chi connectivity index (χ0v) is 14.2. The topological polar surface area (TPSA) is 58.6 Å². The summed E-state index contributed by atoms with van der Waals surface area (Å²) in [6.07, 6.45) is -3.02. The smallest absolute Gasteiger partial charge is 0.416 e. The predicted octanol–water partition coefficient (Wildman–Crippen LogP) is 4.96. The third kappa shape index (κ3) is 3.35. The van der Waals surface area contributed by atoms with Gasteiger partial charge in [-0.15, -0.1) is 0 Å². The van der Waals surface area contributed by atoms with Crippen LogP contribution in [0.15, 0.2) is 30.3 Å². The summed E-state index contributed by atoms with van der Waals surface area (Å²) < 4.78 is 43.7. The fourth-order valence-corrected chi connectivity index (χ4v) is 2.84. The molecule has 0 unspecified atom stereocenters. The lowest BCUT2D eigenvalue weighted by Gasteiger charge is -2.09. The second-order valence-corrected chi connectivity index (χ2v) is 5.96. The molecule has 0 spiro atoms. The minimum absolute atomic E-state index is 0.0360. The molecule has 4 nitrogen and oxygen atoms in total. The minimum atomic E-state index is -4.50. The SMILES string of the molecule is CCOc1cc(/C=C2\C(=O)Nc3cc(C(F)(F)F)ccc32)cc(Cl)c1O. The molecule has 8 heteroatoms. The molecule has 26 heavy (non-hydrogen) atoms. The Kier molecular flexibility index (Phi) is 4.58. The average Bonchev–Trinajstić information content (AvgIpc) is 2.86. The van der Waals surface area contributed by atoms with Gasteiger partial charge in [-0.25, -0.2) is 0 Å². The van der Waals surface area contributed by atoms with Crippen molar-refractivity contribution in [3.63, 3.8) is 0 Å². The molecule has 0 radical (unpaired) electrons. The molecule has 0 atom stereocenters. The second-order valence-electron chi connectivity index (χ2n) is 5.55. The molecule has 0 bridgehead atoms. The summed E-state index contributed by atoms with van der Waals surface area (Å²) in [5.41, 5.74) is 0.257. The molecule has 1 amide bonds. The first-order valence-electron chi connectivity index (χ1n) is 7.60. The standard InChI is InChI=1S/C18H13ClF3NO3/c1-2-26-15-7-9(6-13(19)16(15)24)5-12-11-4-3-10(18(20,21)22)8-14(11)23-17(12)25/h3-8,24H,2H2,1H3,(H,23,25)/b12-5-. The van der Waals surface area contributed by atoms with E-state index >= 15 is 0 Å². The minimum Gasteiger partial charge on any atom is -0.503 e. The van der Waals surface area contributed by atoms with E-state index in [4.69, 9.17) is 16.3 Å². The number of aromatic hydroxyl groups is 1. The molecule has 3 rings (SSSR count). The predicted molar refractivity (Wildman–Crippen MR) is 92.2 cm³/mol. The Bertz CT molecular complexity index is 923. The third-order valence-electron chi connectivity index (χ3n) is 3.79. The van der Waals surface area contributed by atoms with Crippen LogP contribution < -0.4 is 10.1 Å². The van der Waals surface area contributed by atoms with Crippen LogP contribution in [0.4, 0.5) is 18.9 Å². The van der Waals surface area contributed by atoms with E-state index in [-0.39, 0.29) is 27.8 Å². The number of fused-ring (bicyclic) bond motifs is 1. The largest absolute Gasteiger partial charge is 0.503 e. The number of phenols is 1. The quantitative estimate of drug-likeness (QED) is 0.737. The maximum Gasteiger partial charge on any atom is 0.416 e. The van der Waals surface area contributed by atoms with Gasteiger partial charge in [-0.05, 0) is 42.8 Å².